The van der Waals surface area contributed by atoms with Crippen LogP contribution in [0, 0.1) is 0 Å². The van der Waals surface area contributed by atoms with Gasteiger partial charge in [-0.2, -0.15) is 0 Å². The van der Waals surface area contributed by atoms with Gasteiger partial charge in [-0.15, -0.1) is 10.2 Å². The Morgan fingerprint density at radius 2 is 1.96 bits per heavy atom. The molecule has 3 aromatic rings. The van der Waals surface area contributed by atoms with E-state index in [9.17, 15) is 4.79 Å². The second-order valence-electron chi connectivity index (χ2n) is 5.85. The normalized spacial score (nSPS) is 14.2. The van der Waals surface area contributed by atoms with Gasteiger partial charge in [0.05, 0.1) is 17.2 Å². The molecule has 7 heteroatoms. The Morgan fingerprint density at radius 3 is 2.67 bits per heavy atom. The number of benzene rings is 2. The van der Waals surface area contributed by atoms with Gasteiger partial charge in [-0.05, 0) is 35.8 Å². The van der Waals surface area contributed by atoms with E-state index >= 15 is 0 Å². The minimum Gasteiger partial charge on any atom is -0.481 e. The Kier molecular flexibility index (Phi) is 3.80. The van der Waals surface area contributed by atoms with E-state index in [0.29, 0.717) is 11.1 Å². The molecular weight excluding hydrogens is 321 g/mol. The highest BCUT2D eigenvalue weighted by atomic mass is 32.2. The monoisotopic (exact) mass is 335 g/mol. The van der Waals surface area contributed by atoms with Gasteiger partial charge in [0.15, 0.2) is 13.0 Å². The number of nitrogens with zero attached hydrogens (tertiary/aromatic N) is 3. The third kappa shape index (κ3) is 2.69. The Balaban J connectivity index is 1.87. The molecule has 1 aliphatic carbocycles. The molecule has 0 unspecified atom stereocenters. The number of carboxylic acids is 1. The van der Waals surface area contributed by atoms with Gasteiger partial charge < -0.3 is 5.11 Å². The number of fused-ring (bicyclic) bond motifs is 1. The number of aromatic nitrogens is 3. The van der Waals surface area contributed by atoms with Crippen molar-refractivity contribution in [3.05, 3.63) is 42.0 Å². The van der Waals surface area contributed by atoms with Gasteiger partial charge >= 0.3 is 5.97 Å². The SMILES string of the molecule is [B]c1nnc(SCC(=O)O)n1-c1ccc(C2CC2)c2ccccc12. The Morgan fingerprint density at radius 1 is 1.21 bits per heavy atom. The van der Waals surface area contributed by atoms with Crippen LogP contribution in [-0.4, -0.2) is 39.4 Å². The van der Waals surface area contributed by atoms with Gasteiger partial charge in [0.2, 0.25) is 0 Å². The number of rotatable bonds is 5. The first-order chi connectivity index (χ1) is 11.6. The number of thioether (sulfide) groups is 1. The highest BCUT2D eigenvalue weighted by molar-refractivity contribution is 7.99. The summed E-state index contributed by atoms with van der Waals surface area (Å²) in [5.74, 6) is -0.346. The number of hydrogen-bond acceptors (Lipinski definition) is 4. The number of carboxylic acid groups (broad SMARTS) is 1. The lowest BCUT2D eigenvalue weighted by molar-refractivity contribution is -0.133. The van der Waals surface area contributed by atoms with Crippen LogP contribution in [0.3, 0.4) is 0 Å². The zero-order valence-corrected chi connectivity index (χ0v) is 13.7. The molecule has 2 aromatic carbocycles. The molecule has 0 atom stereocenters. The fourth-order valence-electron chi connectivity index (χ4n) is 2.98. The molecule has 24 heavy (non-hydrogen) atoms. The van der Waals surface area contributed by atoms with Crippen molar-refractivity contribution in [1.29, 1.82) is 0 Å². The molecule has 1 saturated carbocycles. The lowest BCUT2D eigenvalue weighted by Gasteiger charge is -2.14. The van der Waals surface area contributed by atoms with E-state index in [4.69, 9.17) is 13.0 Å². The summed E-state index contributed by atoms with van der Waals surface area (Å²) in [6.45, 7) is 0. The predicted octanol–water partition coefficient (Wildman–Crippen LogP) is 2.27. The van der Waals surface area contributed by atoms with Gasteiger partial charge in [-0.25, -0.2) is 0 Å². The summed E-state index contributed by atoms with van der Waals surface area (Å²) in [7, 11) is 6.01. The number of hydrogen-bond donors (Lipinski definition) is 1. The van der Waals surface area contributed by atoms with Crippen LogP contribution in [0.1, 0.15) is 24.3 Å². The highest BCUT2D eigenvalue weighted by Gasteiger charge is 2.26. The topological polar surface area (TPSA) is 68.0 Å². The summed E-state index contributed by atoms with van der Waals surface area (Å²) in [4.78, 5) is 10.9. The first-order valence-electron chi connectivity index (χ1n) is 7.72. The second kappa shape index (κ2) is 5.98. The molecule has 1 heterocycles. The molecule has 1 aromatic heterocycles. The molecule has 0 amide bonds. The van der Waals surface area contributed by atoms with Crippen LogP contribution in [0.5, 0.6) is 0 Å². The third-order valence-corrected chi connectivity index (χ3v) is 5.09. The molecular formula is C17H14BN3O2S. The summed E-state index contributed by atoms with van der Waals surface area (Å²) < 4.78 is 1.73. The minimum absolute atomic E-state index is 0.0871. The van der Waals surface area contributed by atoms with Crippen LogP contribution in [0.4, 0.5) is 0 Å². The van der Waals surface area contributed by atoms with Crippen molar-refractivity contribution in [3.63, 3.8) is 0 Å². The molecule has 0 aliphatic heterocycles. The van der Waals surface area contributed by atoms with Crippen LogP contribution in [-0.2, 0) is 4.79 Å². The average Bonchev–Trinajstić information content (AvgIpc) is 3.35. The van der Waals surface area contributed by atoms with Crippen molar-refractivity contribution >= 4 is 42.1 Å². The summed E-state index contributed by atoms with van der Waals surface area (Å²) in [6.07, 6.45) is 2.47. The van der Waals surface area contributed by atoms with Gasteiger partial charge in [-0.3, -0.25) is 9.36 Å². The van der Waals surface area contributed by atoms with Gasteiger partial charge in [0, 0.05) is 5.39 Å². The maximum atomic E-state index is 10.9. The van der Waals surface area contributed by atoms with Crippen molar-refractivity contribution < 1.29 is 9.90 Å². The van der Waals surface area contributed by atoms with Gasteiger partial charge in [0.25, 0.3) is 0 Å². The van der Waals surface area contributed by atoms with Gasteiger partial charge in [-0.1, -0.05) is 42.1 Å². The molecule has 1 N–H and O–H groups in total. The molecule has 5 nitrogen and oxygen atoms in total. The number of carbonyl (C=O) groups is 1. The van der Waals surface area contributed by atoms with Crippen molar-refractivity contribution in [1.82, 2.24) is 14.8 Å². The largest absolute Gasteiger partial charge is 0.481 e. The fourth-order valence-corrected chi connectivity index (χ4v) is 3.65. The van der Waals surface area contributed by atoms with Crippen LogP contribution >= 0.6 is 11.8 Å². The maximum Gasteiger partial charge on any atom is 0.313 e. The van der Waals surface area contributed by atoms with E-state index in [1.165, 1.54) is 23.8 Å². The van der Waals surface area contributed by atoms with Crippen LogP contribution in [0.15, 0.2) is 41.6 Å². The standard InChI is InChI=1S/C17H14BN3O2S/c18-16-19-20-17(24-9-15(22)23)21(16)14-8-7-11(10-5-6-10)12-3-1-2-4-13(12)14/h1-4,7-8,10H,5-6,9H2,(H,22,23). The molecule has 1 aliphatic rings. The van der Waals surface area contributed by atoms with Crippen molar-refractivity contribution in [3.8, 4) is 5.69 Å². The number of aliphatic carboxylic acids is 1. The third-order valence-electron chi connectivity index (χ3n) is 4.18. The second-order valence-corrected chi connectivity index (χ2v) is 6.79. The molecule has 0 spiro atoms. The quantitative estimate of drug-likeness (QED) is 0.572. The molecule has 118 valence electrons. The highest BCUT2D eigenvalue weighted by Crippen LogP contribution is 2.44. The molecule has 0 saturated heterocycles. The lowest BCUT2D eigenvalue weighted by Crippen LogP contribution is -2.18. The van der Waals surface area contributed by atoms with Gasteiger partial charge in [0.1, 0.15) is 0 Å². The van der Waals surface area contributed by atoms with E-state index in [0.717, 1.165) is 22.8 Å². The first kappa shape index (κ1) is 15.3. The lowest BCUT2D eigenvalue weighted by atomic mass is 9.99. The average molecular weight is 335 g/mol. The molecule has 1 fully saturated rings. The van der Waals surface area contributed by atoms with E-state index in [-0.39, 0.29) is 11.5 Å². The predicted molar refractivity (Wildman–Crippen MR) is 94.6 cm³/mol. The van der Waals surface area contributed by atoms with E-state index in [2.05, 4.69) is 28.4 Å². The minimum atomic E-state index is -0.901. The zero-order chi connectivity index (χ0) is 16.7. The van der Waals surface area contributed by atoms with Crippen molar-refractivity contribution in [2.45, 2.75) is 23.9 Å². The smallest absolute Gasteiger partial charge is 0.313 e. The Bertz CT molecular complexity index is 937. The van der Waals surface area contributed by atoms with Crippen molar-refractivity contribution in [2.75, 3.05) is 5.75 Å². The van der Waals surface area contributed by atoms with E-state index < -0.39 is 5.97 Å². The summed E-state index contributed by atoms with van der Waals surface area (Å²) in [5.41, 5.74) is 2.50. The first-order valence-corrected chi connectivity index (χ1v) is 8.71. The molecule has 2 radical (unpaired) electrons. The Hall–Kier alpha value is -2.28. The van der Waals surface area contributed by atoms with E-state index in [1.807, 2.05) is 18.2 Å². The van der Waals surface area contributed by atoms with Crippen LogP contribution < -0.4 is 5.72 Å². The summed E-state index contributed by atoms with van der Waals surface area (Å²) in [5, 5.41) is 19.6. The summed E-state index contributed by atoms with van der Waals surface area (Å²) >= 11 is 1.11. The fraction of sp³-hybridized carbons (Fsp3) is 0.235. The van der Waals surface area contributed by atoms with Crippen LogP contribution in [0.2, 0.25) is 0 Å². The van der Waals surface area contributed by atoms with Crippen molar-refractivity contribution in [2.24, 2.45) is 0 Å². The van der Waals surface area contributed by atoms with Crippen LogP contribution in [0.25, 0.3) is 16.5 Å². The Labute approximate surface area is 144 Å². The molecule has 4 rings (SSSR count). The maximum absolute atomic E-state index is 10.9. The van der Waals surface area contributed by atoms with E-state index in [1.54, 1.807) is 4.57 Å². The summed E-state index contributed by atoms with van der Waals surface area (Å²) in [6, 6.07) is 12.4. The zero-order valence-electron chi connectivity index (χ0n) is 12.8. The molecule has 0 bridgehead atoms.